The molecule has 35 heavy (non-hydrogen) atoms. The normalized spacial score (nSPS) is 12.5. The lowest BCUT2D eigenvalue weighted by Crippen LogP contribution is -2.41. The van der Waals surface area contributed by atoms with E-state index in [4.69, 9.17) is 4.74 Å². The Morgan fingerprint density at radius 3 is 2.20 bits per heavy atom. The zero-order valence-corrected chi connectivity index (χ0v) is 19.6. The summed E-state index contributed by atoms with van der Waals surface area (Å²) < 4.78 is 10.1. The number of carbonyl (C=O) groups excluding carboxylic acids is 2. The number of nitrogens with one attached hydrogen (secondary N) is 1. The third-order valence-electron chi connectivity index (χ3n) is 5.53. The summed E-state index contributed by atoms with van der Waals surface area (Å²) in [7, 11) is 0. The number of aliphatic carboxylic acids is 1. The van der Waals surface area contributed by atoms with E-state index in [2.05, 4.69) is 20.3 Å². The van der Waals surface area contributed by atoms with Crippen molar-refractivity contribution in [2.45, 2.75) is 26.7 Å². The van der Waals surface area contributed by atoms with Crippen molar-refractivity contribution < 1.29 is 28.9 Å². The Bertz CT molecular complexity index is 1220. The molecule has 0 atom stereocenters. The molecule has 0 aliphatic heterocycles. The van der Waals surface area contributed by atoms with Gasteiger partial charge in [-0.1, -0.05) is 69.3 Å². The van der Waals surface area contributed by atoms with E-state index in [0.717, 1.165) is 27.2 Å². The Hall–Kier alpha value is -4.21. The summed E-state index contributed by atoms with van der Waals surface area (Å²) in [4.78, 5) is 37.9. The van der Waals surface area contributed by atoms with Crippen molar-refractivity contribution in [3.8, 4) is 11.1 Å². The molecule has 0 fully saturated rings. The van der Waals surface area contributed by atoms with Gasteiger partial charge < -0.3 is 14.7 Å². The largest absolute Gasteiger partial charge is 0.480 e. The lowest BCUT2D eigenvalue weighted by Gasteiger charge is -2.28. The standard InChI is InChI=1S/C25H26N4O6/c1-25(2,3)14-29(12-20(30)31)23(32)21-22(28-35-27-21)26-24(33)34-13-19-17-10-6-4-8-15(17)16-9-5-7-11-18(16)19/h4-11,19H,12-14H2,1-3H3,(H,30,31)(H,26,28,33). The Balaban J connectivity index is 1.45. The molecule has 1 aromatic heterocycles. The molecule has 2 amide bonds. The molecule has 1 heterocycles. The highest BCUT2D eigenvalue weighted by atomic mass is 16.6. The number of ether oxygens (including phenoxy) is 1. The van der Waals surface area contributed by atoms with Gasteiger partial charge in [0, 0.05) is 12.5 Å². The maximum Gasteiger partial charge on any atom is 0.412 e. The van der Waals surface area contributed by atoms with Crippen molar-refractivity contribution in [1.82, 2.24) is 15.2 Å². The minimum atomic E-state index is -1.18. The fourth-order valence-corrected chi connectivity index (χ4v) is 4.23. The van der Waals surface area contributed by atoms with Crippen molar-refractivity contribution in [3.05, 3.63) is 65.4 Å². The lowest BCUT2D eigenvalue weighted by atomic mass is 9.96. The van der Waals surface area contributed by atoms with E-state index in [1.165, 1.54) is 0 Å². The van der Waals surface area contributed by atoms with Crippen molar-refractivity contribution in [2.75, 3.05) is 25.0 Å². The number of carboxylic acid groups (broad SMARTS) is 1. The second-order valence-corrected chi connectivity index (χ2v) is 9.53. The molecule has 10 heteroatoms. The number of anilines is 1. The summed E-state index contributed by atoms with van der Waals surface area (Å²) in [5.74, 6) is -2.28. The van der Waals surface area contributed by atoms with Gasteiger partial charge in [-0.25, -0.2) is 9.42 Å². The van der Waals surface area contributed by atoms with Crippen LogP contribution in [-0.4, -0.2) is 58.0 Å². The Kier molecular flexibility index (Phi) is 6.54. The topological polar surface area (TPSA) is 135 Å². The smallest absolute Gasteiger partial charge is 0.412 e. The van der Waals surface area contributed by atoms with Crippen LogP contribution >= 0.6 is 0 Å². The molecule has 3 aromatic rings. The monoisotopic (exact) mass is 478 g/mol. The summed E-state index contributed by atoms with van der Waals surface area (Å²) in [6, 6.07) is 15.9. The maximum absolute atomic E-state index is 13.0. The van der Waals surface area contributed by atoms with Crippen LogP contribution in [0, 0.1) is 5.41 Å². The molecule has 10 nitrogen and oxygen atoms in total. The molecule has 1 aliphatic rings. The molecule has 1 aliphatic carbocycles. The number of fused-ring (bicyclic) bond motifs is 3. The van der Waals surface area contributed by atoms with E-state index in [1.807, 2.05) is 69.3 Å². The number of hydrogen-bond donors (Lipinski definition) is 2. The SMILES string of the molecule is CC(C)(C)CN(CC(=O)O)C(=O)c1nonc1NC(=O)OCC1c2ccccc2-c2ccccc21. The van der Waals surface area contributed by atoms with E-state index < -0.39 is 24.5 Å². The summed E-state index contributed by atoms with van der Waals surface area (Å²) in [6.07, 6.45) is -0.836. The first-order chi connectivity index (χ1) is 16.6. The molecule has 0 saturated carbocycles. The number of rotatable bonds is 7. The number of hydrogen-bond acceptors (Lipinski definition) is 7. The van der Waals surface area contributed by atoms with Gasteiger partial charge in [-0.3, -0.25) is 14.9 Å². The summed E-state index contributed by atoms with van der Waals surface area (Å²) in [5.41, 5.74) is 3.65. The third-order valence-corrected chi connectivity index (χ3v) is 5.53. The minimum Gasteiger partial charge on any atom is -0.480 e. The lowest BCUT2D eigenvalue weighted by molar-refractivity contribution is -0.138. The molecular weight excluding hydrogens is 452 g/mol. The molecule has 2 aromatic carbocycles. The van der Waals surface area contributed by atoms with Gasteiger partial charge in [0.25, 0.3) is 5.91 Å². The predicted octanol–water partition coefficient (Wildman–Crippen LogP) is 4.00. The third kappa shape index (κ3) is 5.32. The van der Waals surface area contributed by atoms with Crippen molar-refractivity contribution in [3.63, 3.8) is 0 Å². The Labute approximate surface area is 201 Å². The first-order valence-corrected chi connectivity index (χ1v) is 11.1. The predicted molar refractivity (Wildman–Crippen MR) is 126 cm³/mol. The van der Waals surface area contributed by atoms with Gasteiger partial charge in [-0.15, -0.1) is 0 Å². The molecule has 0 unspecified atom stereocenters. The summed E-state index contributed by atoms with van der Waals surface area (Å²) in [6.45, 7) is 5.29. The highest BCUT2D eigenvalue weighted by Crippen LogP contribution is 2.44. The average Bonchev–Trinajstić information content (AvgIpc) is 3.38. The summed E-state index contributed by atoms with van der Waals surface area (Å²) >= 11 is 0. The molecule has 0 spiro atoms. The van der Waals surface area contributed by atoms with Crippen LogP contribution in [0.25, 0.3) is 11.1 Å². The quantitative estimate of drug-likeness (QED) is 0.520. The number of nitrogens with zero attached hydrogens (tertiary/aromatic N) is 3. The van der Waals surface area contributed by atoms with Gasteiger partial charge in [-0.2, -0.15) is 0 Å². The number of benzene rings is 2. The maximum atomic E-state index is 13.0. The number of carboxylic acids is 1. The Morgan fingerprint density at radius 2 is 1.63 bits per heavy atom. The van der Waals surface area contributed by atoms with Crippen LogP contribution in [0.15, 0.2) is 53.2 Å². The van der Waals surface area contributed by atoms with Crippen molar-refractivity contribution in [1.29, 1.82) is 0 Å². The van der Waals surface area contributed by atoms with Crippen LogP contribution in [0.1, 0.15) is 48.3 Å². The van der Waals surface area contributed by atoms with Gasteiger partial charge in [0.05, 0.1) is 0 Å². The van der Waals surface area contributed by atoms with Crippen LogP contribution in [-0.2, 0) is 9.53 Å². The fraction of sp³-hybridized carbons (Fsp3) is 0.320. The molecule has 182 valence electrons. The van der Waals surface area contributed by atoms with Gasteiger partial charge in [-0.05, 0) is 38.0 Å². The number of carbonyl (C=O) groups is 3. The summed E-state index contributed by atoms with van der Waals surface area (Å²) in [5, 5.41) is 18.8. The molecule has 2 N–H and O–H groups in total. The molecule has 0 radical (unpaired) electrons. The van der Waals surface area contributed by atoms with Crippen LogP contribution in [0.5, 0.6) is 0 Å². The highest BCUT2D eigenvalue weighted by molar-refractivity contribution is 6.00. The second-order valence-electron chi connectivity index (χ2n) is 9.53. The Morgan fingerprint density at radius 1 is 1.03 bits per heavy atom. The molecule has 0 bridgehead atoms. The van der Waals surface area contributed by atoms with Gasteiger partial charge >= 0.3 is 12.1 Å². The molecular formula is C25H26N4O6. The van der Waals surface area contributed by atoms with Crippen LogP contribution in [0.3, 0.4) is 0 Å². The van der Waals surface area contributed by atoms with E-state index in [-0.39, 0.29) is 36.0 Å². The zero-order chi connectivity index (χ0) is 25.2. The van der Waals surface area contributed by atoms with E-state index in [1.54, 1.807) is 0 Å². The molecule has 0 saturated heterocycles. The van der Waals surface area contributed by atoms with E-state index in [9.17, 15) is 19.5 Å². The molecule has 4 rings (SSSR count). The van der Waals surface area contributed by atoms with Gasteiger partial charge in [0.2, 0.25) is 11.5 Å². The first kappa shape index (κ1) is 23.9. The average molecular weight is 479 g/mol. The van der Waals surface area contributed by atoms with Crippen LogP contribution in [0.2, 0.25) is 0 Å². The first-order valence-electron chi connectivity index (χ1n) is 11.1. The van der Waals surface area contributed by atoms with Crippen LogP contribution < -0.4 is 5.32 Å². The zero-order valence-electron chi connectivity index (χ0n) is 19.6. The number of amides is 2. The minimum absolute atomic E-state index is 0.0730. The van der Waals surface area contributed by atoms with Crippen molar-refractivity contribution in [2.24, 2.45) is 5.41 Å². The van der Waals surface area contributed by atoms with Gasteiger partial charge in [0.15, 0.2) is 0 Å². The second kappa shape index (κ2) is 9.57. The fourth-order valence-electron chi connectivity index (χ4n) is 4.23. The van der Waals surface area contributed by atoms with Gasteiger partial charge in [0.1, 0.15) is 13.2 Å². The highest BCUT2D eigenvalue weighted by Gasteiger charge is 2.31. The van der Waals surface area contributed by atoms with Crippen LogP contribution in [0.4, 0.5) is 10.6 Å². The van der Waals surface area contributed by atoms with Crippen molar-refractivity contribution >= 4 is 23.8 Å². The van der Waals surface area contributed by atoms with E-state index in [0.29, 0.717) is 0 Å². The number of aromatic nitrogens is 2. The van der Waals surface area contributed by atoms with E-state index >= 15 is 0 Å².